The molecular weight excluding hydrogens is 381 g/mol. The van der Waals surface area contributed by atoms with Crippen molar-refractivity contribution in [3.63, 3.8) is 0 Å². The molecule has 3 rings (SSSR count). The Kier molecular flexibility index (Phi) is 6.80. The van der Waals surface area contributed by atoms with Crippen molar-refractivity contribution in [2.75, 3.05) is 19.7 Å². The average Bonchev–Trinajstić information content (AvgIpc) is 2.70. The van der Waals surface area contributed by atoms with Crippen LogP contribution in [-0.4, -0.2) is 38.4 Å². The molecule has 28 heavy (non-hydrogen) atoms. The van der Waals surface area contributed by atoms with Crippen molar-refractivity contribution in [2.24, 2.45) is 5.92 Å². The molecule has 0 aliphatic carbocycles. The smallest absolute Gasteiger partial charge is 0.309 e. The molecule has 5 nitrogen and oxygen atoms in total. The number of hydrogen-bond donors (Lipinski definition) is 0. The van der Waals surface area contributed by atoms with E-state index in [4.69, 9.17) is 4.74 Å². The van der Waals surface area contributed by atoms with Crippen molar-refractivity contribution in [3.05, 3.63) is 71.5 Å². The summed E-state index contributed by atoms with van der Waals surface area (Å²) in [5, 5.41) is 0. The zero-order valence-electron chi connectivity index (χ0n) is 15.6. The molecular formula is C21H24FNO4S. The molecule has 1 aliphatic rings. The molecule has 1 aliphatic heterocycles. The van der Waals surface area contributed by atoms with Gasteiger partial charge < -0.3 is 4.74 Å². The zero-order valence-corrected chi connectivity index (χ0v) is 16.4. The number of nitrogens with zero attached hydrogens (tertiary/aromatic N) is 1. The second-order valence-electron chi connectivity index (χ2n) is 6.96. The molecule has 0 saturated carbocycles. The van der Waals surface area contributed by atoms with Gasteiger partial charge in [-0.1, -0.05) is 42.5 Å². The number of ether oxygens (including phenoxy) is 1. The van der Waals surface area contributed by atoms with E-state index in [0.29, 0.717) is 32.4 Å². The first-order chi connectivity index (χ1) is 13.4. The Hall–Kier alpha value is -2.25. The molecule has 0 N–H and O–H groups in total. The summed E-state index contributed by atoms with van der Waals surface area (Å²) in [6.07, 6.45) is 1.45. The third-order valence-corrected chi connectivity index (χ3v) is 6.77. The van der Waals surface area contributed by atoms with Gasteiger partial charge in [0.1, 0.15) is 5.82 Å². The maximum absolute atomic E-state index is 12.9. The summed E-state index contributed by atoms with van der Waals surface area (Å²) in [6.45, 7) is 0.886. The van der Waals surface area contributed by atoms with Gasteiger partial charge in [-0.25, -0.2) is 17.1 Å². The molecule has 1 saturated heterocycles. The molecule has 0 aromatic heterocycles. The number of rotatable bonds is 7. The minimum Gasteiger partial charge on any atom is -0.465 e. The fourth-order valence-electron chi connectivity index (χ4n) is 3.28. The normalized spacial score (nSPS) is 16.0. The van der Waals surface area contributed by atoms with E-state index < -0.39 is 10.0 Å². The molecule has 2 aromatic carbocycles. The third kappa shape index (κ3) is 5.62. The van der Waals surface area contributed by atoms with Crippen molar-refractivity contribution in [1.29, 1.82) is 0 Å². The number of esters is 1. The van der Waals surface area contributed by atoms with E-state index >= 15 is 0 Å². The maximum atomic E-state index is 12.9. The van der Waals surface area contributed by atoms with Crippen LogP contribution in [0.2, 0.25) is 0 Å². The molecule has 1 fully saturated rings. The summed E-state index contributed by atoms with van der Waals surface area (Å²) in [5.74, 6) is -0.894. The highest BCUT2D eigenvalue weighted by molar-refractivity contribution is 7.88. The van der Waals surface area contributed by atoms with Gasteiger partial charge in [0.25, 0.3) is 0 Å². The first-order valence-corrected chi connectivity index (χ1v) is 11.0. The van der Waals surface area contributed by atoms with Gasteiger partial charge in [-0.2, -0.15) is 0 Å². The molecule has 0 radical (unpaired) electrons. The predicted octanol–water partition coefficient (Wildman–Crippen LogP) is 3.15. The molecule has 0 amide bonds. The summed E-state index contributed by atoms with van der Waals surface area (Å²) >= 11 is 0. The average molecular weight is 405 g/mol. The monoisotopic (exact) mass is 405 g/mol. The summed E-state index contributed by atoms with van der Waals surface area (Å²) < 4.78 is 44.8. The zero-order chi connectivity index (χ0) is 20.0. The quantitative estimate of drug-likeness (QED) is 0.664. The standard InChI is InChI=1S/C21H24FNO4S/c22-20-8-6-17(7-9-20)12-15-27-21(24)19-10-13-23(14-11-19)28(25,26)16-18-4-2-1-3-5-18/h1-9,19H,10-16H2. The molecule has 1 heterocycles. The van der Waals surface area contributed by atoms with Gasteiger partial charge in [-0.3, -0.25) is 4.79 Å². The fraction of sp³-hybridized carbons (Fsp3) is 0.381. The summed E-state index contributed by atoms with van der Waals surface area (Å²) in [5.41, 5.74) is 1.65. The van der Waals surface area contributed by atoms with Crippen LogP contribution in [0.15, 0.2) is 54.6 Å². The minimum absolute atomic E-state index is 0.0272. The molecule has 0 unspecified atom stereocenters. The van der Waals surface area contributed by atoms with E-state index in [-0.39, 0.29) is 30.1 Å². The number of carbonyl (C=O) groups excluding carboxylic acids is 1. The van der Waals surface area contributed by atoms with Crippen LogP contribution in [0.4, 0.5) is 4.39 Å². The predicted molar refractivity (Wildman–Crippen MR) is 104 cm³/mol. The summed E-state index contributed by atoms with van der Waals surface area (Å²) in [6, 6.07) is 15.2. The van der Waals surface area contributed by atoms with E-state index in [9.17, 15) is 17.6 Å². The maximum Gasteiger partial charge on any atom is 0.309 e. The van der Waals surface area contributed by atoms with Crippen LogP contribution >= 0.6 is 0 Å². The number of benzene rings is 2. The number of hydrogen-bond acceptors (Lipinski definition) is 4. The Morgan fingerprint density at radius 2 is 1.64 bits per heavy atom. The SMILES string of the molecule is O=C(OCCc1ccc(F)cc1)C1CCN(S(=O)(=O)Cc2ccccc2)CC1. The van der Waals surface area contributed by atoms with Gasteiger partial charge in [0.2, 0.25) is 10.0 Å². The minimum atomic E-state index is -3.39. The lowest BCUT2D eigenvalue weighted by atomic mass is 9.98. The van der Waals surface area contributed by atoms with E-state index in [2.05, 4.69) is 0 Å². The number of carbonyl (C=O) groups is 1. The Morgan fingerprint density at radius 3 is 2.29 bits per heavy atom. The molecule has 2 aromatic rings. The second-order valence-corrected chi connectivity index (χ2v) is 8.93. The van der Waals surface area contributed by atoms with Crippen LogP contribution in [-0.2, 0) is 31.7 Å². The van der Waals surface area contributed by atoms with Crippen molar-refractivity contribution in [2.45, 2.75) is 25.0 Å². The molecule has 0 bridgehead atoms. The van der Waals surface area contributed by atoms with E-state index in [0.717, 1.165) is 11.1 Å². The lowest BCUT2D eigenvalue weighted by Crippen LogP contribution is -2.41. The Balaban J connectivity index is 1.44. The lowest BCUT2D eigenvalue weighted by Gasteiger charge is -2.30. The van der Waals surface area contributed by atoms with E-state index in [1.54, 1.807) is 24.3 Å². The van der Waals surface area contributed by atoms with E-state index in [1.807, 2.05) is 18.2 Å². The largest absolute Gasteiger partial charge is 0.465 e. The fourth-order valence-corrected chi connectivity index (χ4v) is 4.85. The van der Waals surface area contributed by atoms with Crippen molar-refractivity contribution in [1.82, 2.24) is 4.31 Å². The van der Waals surface area contributed by atoms with Crippen LogP contribution in [0.25, 0.3) is 0 Å². The number of sulfonamides is 1. The second kappa shape index (κ2) is 9.30. The van der Waals surface area contributed by atoms with Crippen molar-refractivity contribution >= 4 is 16.0 Å². The van der Waals surface area contributed by atoms with Gasteiger partial charge in [0.05, 0.1) is 18.3 Å². The third-order valence-electron chi connectivity index (χ3n) is 4.92. The van der Waals surface area contributed by atoms with Gasteiger partial charge in [0, 0.05) is 19.5 Å². The summed E-state index contributed by atoms with van der Waals surface area (Å²) in [7, 11) is -3.39. The van der Waals surface area contributed by atoms with Gasteiger partial charge >= 0.3 is 5.97 Å². The Labute approximate surface area is 165 Å². The molecule has 0 spiro atoms. The molecule has 150 valence electrons. The first-order valence-electron chi connectivity index (χ1n) is 9.37. The van der Waals surface area contributed by atoms with Gasteiger partial charge in [0.15, 0.2) is 0 Å². The first kappa shape index (κ1) is 20.5. The van der Waals surface area contributed by atoms with E-state index in [1.165, 1.54) is 16.4 Å². The molecule has 7 heteroatoms. The highest BCUT2D eigenvalue weighted by atomic mass is 32.2. The molecule has 0 atom stereocenters. The van der Waals surface area contributed by atoms with Crippen LogP contribution in [0, 0.1) is 11.7 Å². The van der Waals surface area contributed by atoms with Crippen LogP contribution in [0.3, 0.4) is 0 Å². The van der Waals surface area contributed by atoms with Crippen LogP contribution < -0.4 is 0 Å². The van der Waals surface area contributed by atoms with Crippen LogP contribution in [0.5, 0.6) is 0 Å². The topological polar surface area (TPSA) is 63.7 Å². The Morgan fingerprint density at radius 1 is 1.00 bits per heavy atom. The van der Waals surface area contributed by atoms with Crippen molar-refractivity contribution < 1.29 is 22.3 Å². The van der Waals surface area contributed by atoms with Gasteiger partial charge in [-0.15, -0.1) is 0 Å². The Bertz CT molecular complexity index is 876. The van der Waals surface area contributed by atoms with Crippen molar-refractivity contribution in [3.8, 4) is 0 Å². The summed E-state index contributed by atoms with van der Waals surface area (Å²) in [4.78, 5) is 12.2. The lowest BCUT2D eigenvalue weighted by molar-refractivity contribution is -0.149. The number of halogens is 1. The highest BCUT2D eigenvalue weighted by Gasteiger charge is 2.31. The highest BCUT2D eigenvalue weighted by Crippen LogP contribution is 2.22. The number of piperidine rings is 1. The van der Waals surface area contributed by atoms with Crippen LogP contribution in [0.1, 0.15) is 24.0 Å². The van der Waals surface area contributed by atoms with Gasteiger partial charge in [-0.05, 0) is 36.1 Å².